The molecule has 1 atom stereocenters. The summed E-state index contributed by atoms with van der Waals surface area (Å²) >= 11 is 0. The SMILES string of the molecule is CC(NC(=O)/C=C/c1ccccc1)C(=O)Nc1ccc(OC(F)(F)F)cc1. The van der Waals surface area contributed by atoms with E-state index in [4.69, 9.17) is 0 Å². The number of ether oxygens (including phenoxy) is 1. The third-order valence-electron chi connectivity index (χ3n) is 3.33. The molecule has 8 heteroatoms. The first-order valence-corrected chi connectivity index (χ1v) is 7.93. The van der Waals surface area contributed by atoms with Gasteiger partial charge in [-0.25, -0.2) is 0 Å². The Morgan fingerprint density at radius 2 is 1.67 bits per heavy atom. The van der Waals surface area contributed by atoms with E-state index in [1.165, 1.54) is 25.1 Å². The van der Waals surface area contributed by atoms with Gasteiger partial charge in [0.05, 0.1) is 0 Å². The fourth-order valence-corrected chi connectivity index (χ4v) is 2.05. The zero-order valence-corrected chi connectivity index (χ0v) is 14.3. The summed E-state index contributed by atoms with van der Waals surface area (Å²) < 4.78 is 40.1. The zero-order valence-electron chi connectivity index (χ0n) is 14.3. The first-order valence-electron chi connectivity index (χ1n) is 7.93. The summed E-state index contributed by atoms with van der Waals surface area (Å²) in [4.78, 5) is 23.9. The third-order valence-corrected chi connectivity index (χ3v) is 3.33. The normalized spacial score (nSPS) is 12.4. The van der Waals surface area contributed by atoms with Gasteiger partial charge < -0.3 is 15.4 Å². The zero-order chi connectivity index (χ0) is 19.9. The van der Waals surface area contributed by atoms with E-state index >= 15 is 0 Å². The molecule has 0 saturated carbocycles. The van der Waals surface area contributed by atoms with Crippen LogP contribution in [0.4, 0.5) is 18.9 Å². The molecule has 27 heavy (non-hydrogen) atoms. The van der Waals surface area contributed by atoms with Crippen molar-refractivity contribution in [1.82, 2.24) is 5.32 Å². The molecule has 0 aliphatic carbocycles. The number of carbonyl (C=O) groups is 2. The van der Waals surface area contributed by atoms with Crippen LogP contribution in [0.25, 0.3) is 6.08 Å². The summed E-state index contributed by atoms with van der Waals surface area (Å²) in [5.41, 5.74) is 1.11. The number of amides is 2. The predicted molar refractivity (Wildman–Crippen MR) is 94.8 cm³/mol. The molecular weight excluding hydrogens is 361 g/mol. The van der Waals surface area contributed by atoms with E-state index < -0.39 is 30.0 Å². The Morgan fingerprint density at radius 3 is 2.26 bits per heavy atom. The van der Waals surface area contributed by atoms with E-state index in [1.807, 2.05) is 30.3 Å². The maximum absolute atomic E-state index is 12.1. The first kappa shape index (κ1) is 20.0. The molecule has 0 aliphatic heterocycles. The van der Waals surface area contributed by atoms with Crippen molar-refractivity contribution in [1.29, 1.82) is 0 Å². The van der Waals surface area contributed by atoms with Crippen LogP contribution in [0.5, 0.6) is 5.75 Å². The van der Waals surface area contributed by atoms with Gasteiger partial charge in [-0.3, -0.25) is 9.59 Å². The van der Waals surface area contributed by atoms with Crippen LogP contribution in [-0.4, -0.2) is 24.2 Å². The Balaban J connectivity index is 1.86. The largest absolute Gasteiger partial charge is 0.573 e. The Morgan fingerprint density at radius 1 is 1.04 bits per heavy atom. The molecule has 0 fully saturated rings. The number of benzene rings is 2. The van der Waals surface area contributed by atoms with Gasteiger partial charge in [0.1, 0.15) is 11.8 Å². The molecule has 2 aromatic carbocycles. The lowest BCUT2D eigenvalue weighted by Gasteiger charge is -2.14. The minimum Gasteiger partial charge on any atom is -0.406 e. The molecule has 2 aromatic rings. The molecule has 1 unspecified atom stereocenters. The molecule has 0 radical (unpaired) electrons. The highest BCUT2D eigenvalue weighted by Crippen LogP contribution is 2.23. The summed E-state index contributed by atoms with van der Waals surface area (Å²) in [6.45, 7) is 1.49. The number of nitrogens with one attached hydrogen (secondary N) is 2. The summed E-state index contributed by atoms with van der Waals surface area (Å²) in [7, 11) is 0. The quantitative estimate of drug-likeness (QED) is 0.753. The fraction of sp³-hybridized carbons (Fsp3) is 0.158. The van der Waals surface area contributed by atoms with Gasteiger partial charge >= 0.3 is 6.36 Å². The van der Waals surface area contributed by atoms with Crippen LogP contribution in [-0.2, 0) is 9.59 Å². The minimum atomic E-state index is -4.78. The van der Waals surface area contributed by atoms with Crippen LogP contribution in [0.1, 0.15) is 12.5 Å². The second kappa shape index (κ2) is 8.88. The molecule has 2 amide bonds. The number of hydrogen-bond acceptors (Lipinski definition) is 3. The number of anilines is 1. The van der Waals surface area contributed by atoms with Gasteiger partial charge in [0.25, 0.3) is 0 Å². The summed E-state index contributed by atoms with van der Waals surface area (Å²) in [6, 6.07) is 13.0. The van der Waals surface area contributed by atoms with E-state index in [2.05, 4.69) is 15.4 Å². The number of alkyl halides is 3. The van der Waals surface area contributed by atoms with Crippen LogP contribution >= 0.6 is 0 Å². The molecule has 0 spiro atoms. The van der Waals surface area contributed by atoms with Gasteiger partial charge in [0, 0.05) is 11.8 Å². The smallest absolute Gasteiger partial charge is 0.406 e. The van der Waals surface area contributed by atoms with E-state index in [-0.39, 0.29) is 5.69 Å². The van der Waals surface area contributed by atoms with E-state index in [0.717, 1.165) is 17.7 Å². The van der Waals surface area contributed by atoms with Crippen molar-refractivity contribution in [2.45, 2.75) is 19.3 Å². The average Bonchev–Trinajstić information content (AvgIpc) is 2.61. The Hall–Kier alpha value is -3.29. The van der Waals surface area contributed by atoms with Crippen molar-refractivity contribution >= 4 is 23.6 Å². The topological polar surface area (TPSA) is 67.4 Å². The second-order valence-electron chi connectivity index (χ2n) is 5.54. The van der Waals surface area contributed by atoms with Crippen LogP contribution < -0.4 is 15.4 Å². The van der Waals surface area contributed by atoms with Crippen LogP contribution in [0.2, 0.25) is 0 Å². The van der Waals surface area contributed by atoms with Crippen molar-refractivity contribution in [3.63, 3.8) is 0 Å². The van der Waals surface area contributed by atoms with E-state index in [0.29, 0.717) is 0 Å². The minimum absolute atomic E-state index is 0.274. The van der Waals surface area contributed by atoms with Crippen molar-refractivity contribution in [3.05, 3.63) is 66.2 Å². The Labute approximate surface area is 153 Å². The lowest BCUT2D eigenvalue weighted by molar-refractivity contribution is -0.274. The highest BCUT2D eigenvalue weighted by molar-refractivity contribution is 5.99. The molecule has 0 aliphatic rings. The summed E-state index contributed by atoms with van der Waals surface area (Å²) in [5, 5.41) is 5.00. The van der Waals surface area contributed by atoms with Crippen LogP contribution in [0.3, 0.4) is 0 Å². The summed E-state index contributed by atoms with van der Waals surface area (Å²) in [5.74, 6) is -1.36. The molecule has 0 heterocycles. The molecule has 0 saturated heterocycles. The number of halogens is 3. The van der Waals surface area contributed by atoms with Gasteiger partial charge in [0.15, 0.2) is 0 Å². The Kier molecular flexibility index (Phi) is 6.59. The summed E-state index contributed by atoms with van der Waals surface area (Å²) in [6.07, 6.45) is -1.86. The maximum atomic E-state index is 12.1. The monoisotopic (exact) mass is 378 g/mol. The van der Waals surface area contributed by atoms with Crippen LogP contribution in [0, 0.1) is 0 Å². The van der Waals surface area contributed by atoms with E-state index in [9.17, 15) is 22.8 Å². The van der Waals surface area contributed by atoms with Gasteiger partial charge in [-0.2, -0.15) is 0 Å². The number of carbonyl (C=O) groups excluding carboxylic acids is 2. The highest BCUT2D eigenvalue weighted by atomic mass is 19.4. The average molecular weight is 378 g/mol. The molecule has 2 rings (SSSR count). The van der Waals surface area contributed by atoms with Crippen LogP contribution in [0.15, 0.2) is 60.7 Å². The number of rotatable bonds is 6. The highest BCUT2D eigenvalue weighted by Gasteiger charge is 2.31. The maximum Gasteiger partial charge on any atom is 0.573 e. The van der Waals surface area contributed by atoms with Crippen molar-refractivity contribution in [3.8, 4) is 5.75 Å². The number of hydrogen-bond donors (Lipinski definition) is 2. The molecule has 5 nitrogen and oxygen atoms in total. The van der Waals surface area contributed by atoms with Crippen molar-refractivity contribution < 1.29 is 27.5 Å². The third kappa shape index (κ3) is 7.23. The molecule has 0 bridgehead atoms. The standard InChI is InChI=1S/C19H17F3N2O3/c1-13(23-17(25)12-7-14-5-3-2-4-6-14)18(26)24-15-8-10-16(11-9-15)27-19(20,21)22/h2-13H,1H3,(H,23,25)(H,24,26)/b12-7+. The van der Waals surface area contributed by atoms with E-state index in [1.54, 1.807) is 6.08 Å². The predicted octanol–water partition coefficient (Wildman–Crippen LogP) is 3.74. The lowest BCUT2D eigenvalue weighted by atomic mass is 10.2. The molecule has 0 aromatic heterocycles. The van der Waals surface area contributed by atoms with Crippen molar-refractivity contribution in [2.75, 3.05) is 5.32 Å². The second-order valence-corrected chi connectivity index (χ2v) is 5.54. The Bertz CT molecular complexity index is 803. The van der Waals surface area contributed by atoms with Crippen molar-refractivity contribution in [2.24, 2.45) is 0 Å². The first-order chi connectivity index (χ1) is 12.7. The molecule has 2 N–H and O–H groups in total. The van der Waals surface area contributed by atoms with Gasteiger partial charge in [0.2, 0.25) is 11.8 Å². The molecular formula is C19H17F3N2O3. The molecule has 142 valence electrons. The van der Waals surface area contributed by atoms with Gasteiger partial charge in [-0.05, 0) is 42.8 Å². The fourth-order valence-electron chi connectivity index (χ4n) is 2.05. The van der Waals surface area contributed by atoms with Gasteiger partial charge in [-0.15, -0.1) is 13.2 Å². The van der Waals surface area contributed by atoms with Gasteiger partial charge in [-0.1, -0.05) is 30.3 Å². The lowest BCUT2D eigenvalue weighted by Crippen LogP contribution is -2.40.